The van der Waals surface area contributed by atoms with Crippen molar-refractivity contribution in [3.05, 3.63) is 22.5 Å². The van der Waals surface area contributed by atoms with E-state index < -0.39 is 11.1 Å². The number of nitriles is 1. The van der Waals surface area contributed by atoms with E-state index in [1.54, 1.807) is 6.92 Å². The van der Waals surface area contributed by atoms with E-state index in [0.29, 0.717) is 23.4 Å². The summed E-state index contributed by atoms with van der Waals surface area (Å²) >= 11 is -2.26. The minimum Gasteiger partial charge on any atom is -0.359 e. The molecule has 0 bridgehead atoms. The molecule has 1 aromatic rings. The van der Waals surface area contributed by atoms with Gasteiger partial charge in [0.05, 0.1) is 22.8 Å². The Hall–Kier alpha value is -1.33. The van der Waals surface area contributed by atoms with Gasteiger partial charge in [-0.05, 0) is 13.3 Å². The maximum absolute atomic E-state index is 11.5. The second kappa shape index (κ2) is 7.31. The molecule has 0 saturated carbocycles. The monoisotopic (exact) mass is 284 g/mol. The first-order valence-electron chi connectivity index (χ1n) is 5.66. The standard InChI is InChI=1S/C12H16N2O4S/c1-4-11-10(6-18-7-17-3)12(19(15)16)9(5-13)8(2)14-11/h4,6-7H2,1-3H3,(H,15,16). The van der Waals surface area contributed by atoms with Crippen molar-refractivity contribution in [1.29, 1.82) is 5.26 Å². The van der Waals surface area contributed by atoms with E-state index in [0.717, 1.165) is 0 Å². The van der Waals surface area contributed by atoms with Crippen LogP contribution in [0.4, 0.5) is 0 Å². The largest absolute Gasteiger partial charge is 0.359 e. The van der Waals surface area contributed by atoms with E-state index in [-0.39, 0.29) is 23.9 Å². The molecular formula is C12H16N2O4S. The van der Waals surface area contributed by atoms with Gasteiger partial charge in [-0.1, -0.05) is 6.92 Å². The van der Waals surface area contributed by atoms with Crippen molar-refractivity contribution in [2.75, 3.05) is 13.9 Å². The van der Waals surface area contributed by atoms with Gasteiger partial charge in [0.2, 0.25) is 0 Å². The quantitative estimate of drug-likeness (QED) is 0.484. The maximum atomic E-state index is 11.5. The third-order valence-electron chi connectivity index (χ3n) is 2.58. The summed E-state index contributed by atoms with van der Waals surface area (Å²) in [7, 11) is 1.49. The van der Waals surface area contributed by atoms with Crippen LogP contribution in [0.2, 0.25) is 0 Å². The second-order valence-electron chi connectivity index (χ2n) is 3.80. The molecule has 1 atom stereocenters. The molecule has 0 fully saturated rings. The molecule has 0 saturated heterocycles. The lowest BCUT2D eigenvalue weighted by Gasteiger charge is -2.14. The highest BCUT2D eigenvalue weighted by Gasteiger charge is 2.21. The number of hydrogen-bond donors (Lipinski definition) is 1. The van der Waals surface area contributed by atoms with Crippen molar-refractivity contribution in [2.24, 2.45) is 0 Å². The van der Waals surface area contributed by atoms with Crippen molar-refractivity contribution in [3.63, 3.8) is 0 Å². The third-order valence-corrected chi connectivity index (χ3v) is 3.38. The van der Waals surface area contributed by atoms with E-state index in [4.69, 9.17) is 14.7 Å². The number of hydrogen-bond acceptors (Lipinski definition) is 5. The SMILES string of the molecule is CCc1nc(C)c(C#N)c(S(=O)O)c1COCOC. The highest BCUT2D eigenvalue weighted by molar-refractivity contribution is 7.79. The Balaban J connectivity index is 3.38. The minimum atomic E-state index is -2.26. The molecule has 0 aliphatic heterocycles. The molecule has 1 N–H and O–H groups in total. The molecule has 0 radical (unpaired) electrons. The maximum Gasteiger partial charge on any atom is 0.188 e. The predicted molar refractivity (Wildman–Crippen MR) is 68.8 cm³/mol. The van der Waals surface area contributed by atoms with Crippen LogP contribution in [0.15, 0.2) is 4.90 Å². The zero-order chi connectivity index (χ0) is 14.4. The van der Waals surface area contributed by atoms with Gasteiger partial charge in [-0.25, -0.2) is 4.21 Å². The summed E-state index contributed by atoms with van der Waals surface area (Å²) in [5.74, 6) is 0. The molecular weight excluding hydrogens is 268 g/mol. The first-order chi connectivity index (χ1) is 9.06. The molecule has 0 aromatic carbocycles. The molecule has 104 valence electrons. The fourth-order valence-electron chi connectivity index (χ4n) is 1.76. The number of rotatable bonds is 6. The van der Waals surface area contributed by atoms with Crippen molar-refractivity contribution < 1.29 is 18.2 Å². The number of aryl methyl sites for hydroxylation is 2. The van der Waals surface area contributed by atoms with Crippen LogP contribution in [0.25, 0.3) is 0 Å². The van der Waals surface area contributed by atoms with Crippen molar-refractivity contribution in [2.45, 2.75) is 31.8 Å². The second-order valence-corrected chi connectivity index (χ2v) is 4.70. The van der Waals surface area contributed by atoms with Crippen LogP contribution in [-0.4, -0.2) is 27.6 Å². The Labute approximate surface area is 114 Å². The molecule has 0 aliphatic carbocycles. The molecule has 0 aliphatic rings. The van der Waals surface area contributed by atoms with Crippen molar-refractivity contribution in [3.8, 4) is 6.07 Å². The molecule has 0 amide bonds. The van der Waals surface area contributed by atoms with Crippen LogP contribution in [0.1, 0.15) is 29.4 Å². The lowest BCUT2D eigenvalue weighted by molar-refractivity contribution is -0.0400. The average Bonchev–Trinajstić information content (AvgIpc) is 2.39. The van der Waals surface area contributed by atoms with Crippen molar-refractivity contribution >= 4 is 11.1 Å². The Morgan fingerprint density at radius 3 is 2.68 bits per heavy atom. The molecule has 1 aromatic heterocycles. The van der Waals surface area contributed by atoms with Crippen LogP contribution in [-0.2, 0) is 33.6 Å². The first kappa shape index (κ1) is 15.7. The third kappa shape index (κ3) is 3.58. The van der Waals surface area contributed by atoms with Gasteiger partial charge in [0.25, 0.3) is 0 Å². The molecule has 0 spiro atoms. The number of methoxy groups -OCH3 is 1. The number of nitrogens with zero attached hydrogens (tertiary/aromatic N) is 2. The fourth-order valence-corrected chi connectivity index (χ4v) is 2.52. The van der Waals surface area contributed by atoms with Gasteiger partial charge in [0.1, 0.15) is 12.9 Å². The van der Waals surface area contributed by atoms with Gasteiger partial charge in [-0.3, -0.25) is 4.98 Å². The molecule has 19 heavy (non-hydrogen) atoms. The first-order valence-corrected chi connectivity index (χ1v) is 6.77. The number of pyridine rings is 1. The summed E-state index contributed by atoms with van der Waals surface area (Å²) in [5, 5.41) is 9.11. The van der Waals surface area contributed by atoms with Crippen molar-refractivity contribution in [1.82, 2.24) is 4.98 Å². The molecule has 1 unspecified atom stereocenters. The van der Waals surface area contributed by atoms with E-state index in [9.17, 15) is 8.76 Å². The summed E-state index contributed by atoms with van der Waals surface area (Å²) in [6.45, 7) is 3.68. The number of aromatic nitrogens is 1. The van der Waals surface area contributed by atoms with E-state index in [1.807, 2.05) is 13.0 Å². The van der Waals surface area contributed by atoms with Gasteiger partial charge in [-0.15, -0.1) is 0 Å². The highest BCUT2D eigenvalue weighted by Crippen LogP contribution is 2.24. The van der Waals surface area contributed by atoms with Gasteiger partial charge >= 0.3 is 0 Å². The zero-order valence-electron chi connectivity index (χ0n) is 11.1. The summed E-state index contributed by atoms with van der Waals surface area (Å²) in [6, 6.07) is 1.92. The number of ether oxygens (including phenoxy) is 2. The van der Waals surface area contributed by atoms with E-state index in [2.05, 4.69) is 4.98 Å². The highest BCUT2D eigenvalue weighted by atomic mass is 32.2. The van der Waals surface area contributed by atoms with E-state index >= 15 is 0 Å². The van der Waals surface area contributed by atoms with Gasteiger partial charge in [-0.2, -0.15) is 5.26 Å². The van der Waals surface area contributed by atoms with Crippen LogP contribution < -0.4 is 0 Å². The van der Waals surface area contributed by atoms with Gasteiger partial charge < -0.3 is 14.0 Å². The Kier molecular flexibility index (Phi) is 6.05. The molecule has 1 heterocycles. The lowest BCUT2D eigenvalue weighted by Crippen LogP contribution is -2.11. The van der Waals surface area contributed by atoms with E-state index in [1.165, 1.54) is 7.11 Å². The van der Waals surface area contributed by atoms with Gasteiger partial charge in [0.15, 0.2) is 11.1 Å². The topological polar surface area (TPSA) is 92.4 Å². The van der Waals surface area contributed by atoms with Crippen LogP contribution in [0.3, 0.4) is 0 Å². The Bertz CT molecular complexity index is 525. The molecule has 1 rings (SSSR count). The summed E-state index contributed by atoms with van der Waals surface area (Å²) < 4.78 is 30.9. The van der Waals surface area contributed by atoms with Crippen LogP contribution in [0.5, 0.6) is 0 Å². The smallest absolute Gasteiger partial charge is 0.188 e. The Morgan fingerprint density at radius 2 is 2.21 bits per heavy atom. The zero-order valence-corrected chi connectivity index (χ0v) is 11.9. The van der Waals surface area contributed by atoms with Crippen LogP contribution >= 0.6 is 0 Å². The molecule has 6 nitrogen and oxygen atoms in total. The Morgan fingerprint density at radius 1 is 1.53 bits per heavy atom. The summed E-state index contributed by atoms with van der Waals surface area (Å²) in [4.78, 5) is 4.38. The van der Waals surface area contributed by atoms with Crippen LogP contribution in [0, 0.1) is 18.3 Å². The minimum absolute atomic E-state index is 0.0659. The molecule has 7 heteroatoms. The average molecular weight is 284 g/mol. The predicted octanol–water partition coefficient (Wildman–Crippen LogP) is 1.53. The van der Waals surface area contributed by atoms with Gasteiger partial charge in [0, 0.05) is 18.4 Å². The normalized spacial score (nSPS) is 12.2. The fraction of sp³-hybridized carbons (Fsp3) is 0.500. The summed E-state index contributed by atoms with van der Waals surface area (Å²) in [5.41, 5.74) is 1.73. The lowest BCUT2D eigenvalue weighted by atomic mass is 10.1. The summed E-state index contributed by atoms with van der Waals surface area (Å²) in [6.07, 6.45) is 0.586.